The van der Waals surface area contributed by atoms with Gasteiger partial charge in [0.15, 0.2) is 0 Å². The monoisotopic (exact) mass is 321 g/mol. The first-order valence-electron chi connectivity index (χ1n) is 6.23. The standard InChI is InChI=1S/C14H15N3O2S2/c15-14(20)9-11-1-3-13(4-2-11)21(18,19)17-10-12-5-7-16-8-6-12/h1-8,17H,9-10H2,(H2,15,20). The highest BCUT2D eigenvalue weighted by Gasteiger charge is 2.13. The Morgan fingerprint density at radius 1 is 1.10 bits per heavy atom. The summed E-state index contributed by atoms with van der Waals surface area (Å²) in [7, 11) is -3.54. The van der Waals surface area contributed by atoms with E-state index in [1.165, 1.54) is 0 Å². The van der Waals surface area contributed by atoms with Crippen LogP contribution in [0, 0.1) is 0 Å². The van der Waals surface area contributed by atoms with Crippen molar-refractivity contribution in [3.8, 4) is 0 Å². The summed E-state index contributed by atoms with van der Waals surface area (Å²) in [6.45, 7) is 0.222. The lowest BCUT2D eigenvalue weighted by Gasteiger charge is -2.07. The van der Waals surface area contributed by atoms with E-state index in [1.807, 2.05) is 0 Å². The maximum Gasteiger partial charge on any atom is 0.240 e. The lowest BCUT2D eigenvalue weighted by molar-refractivity contribution is 0.581. The molecule has 0 amide bonds. The molecule has 0 aliphatic heterocycles. The van der Waals surface area contributed by atoms with Gasteiger partial charge in [0.2, 0.25) is 10.0 Å². The topological polar surface area (TPSA) is 85.1 Å². The number of nitrogens with two attached hydrogens (primary N) is 1. The number of sulfonamides is 1. The Morgan fingerprint density at radius 2 is 1.71 bits per heavy atom. The summed E-state index contributed by atoms with van der Waals surface area (Å²) in [5.74, 6) is 0. The van der Waals surface area contributed by atoms with Gasteiger partial charge < -0.3 is 5.73 Å². The van der Waals surface area contributed by atoms with Crippen LogP contribution in [0.1, 0.15) is 11.1 Å². The Labute approximate surface area is 129 Å². The molecule has 2 aromatic rings. The Morgan fingerprint density at radius 3 is 2.29 bits per heavy atom. The Kier molecular flexibility index (Phi) is 5.00. The molecular weight excluding hydrogens is 306 g/mol. The van der Waals surface area contributed by atoms with Crippen LogP contribution in [0.25, 0.3) is 0 Å². The number of nitrogens with one attached hydrogen (secondary N) is 1. The molecule has 0 saturated carbocycles. The molecule has 0 unspecified atom stereocenters. The largest absolute Gasteiger partial charge is 0.393 e. The molecule has 7 heteroatoms. The van der Waals surface area contributed by atoms with Crippen LogP contribution in [0.5, 0.6) is 0 Å². The highest BCUT2D eigenvalue weighted by Crippen LogP contribution is 2.11. The molecule has 0 aliphatic carbocycles. The fourth-order valence-electron chi connectivity index (χ4n) is 1.75. The van der Waals surface area contributed by atoms with Crippen LogP contribution in [0.3, 0.4) is 0 Å². The number of hydrogen-bond acceptors (Lipinski definition) is 4. The minimum Gasteiger partial charge on any atom is -0.393 e. The zero-order valence-corrected chi connectivity index (χ0v) is 12.8. The minimum atomic E-state index is -3.54. The van der Waals surface area contributed by atoms with Gasteiger partial charge in [0, 0.05) is 25.4 Å². The van der Waals surface area contributed by atoms with Gasteiger partial charge in [0.1, 0.15) is 0 Å². The number of rotatable bonds is 6. The molecule has 0 bridgehead atoms. The van der Waals surface area contributed by atoms with Crippen LogP contribution in [0.15, 0.2) is 53.7 Å². The fourth-order valence-corrected chi connectivity index (χ4v) is 2.93. The molecule has 5 nitrogen and oxygen atoms in total. The van der Waals surface area contributed by atoms with Crippen molar-refractivity contribution in [3.05, 3.63) is 59.9 Å². The summed E-state index contributed by atoms with van der Waals surface area (Å²) >= 11 is 4.82. The van der Waals surface area contributed by atoms with E-state index in [9.17, 15) is 8.42 Å². The van der Waals surface area contributed by atoms with Crippen molar-refractivity contribution in [2.24, 2.45) is 5.73 Å². The molecule has 0 atom stereocenters. The maximum absolute atomic E-state index is 12.2. The molecular formula is C14H15N3O2S2. The molecule has 110 valence electrons. The number of pyridine rings is 1. The van der Waals surface area contributed by atoms with Gasteiger partial charge in [-0.2, -0.15) is 0 Å². The van der Waals surface area contributed by atoms with Crippen LogP contribution in [-0.4, -0.2) is 18.4 Å². The number of nitrogens with zero attached hydrogens (tertiary/aromatic N) is 1. The van der Waals surface area contributed by atoms with Gasteiger partial charge in [-0.05, 0) is 35.4 Å². The number of hydrogen-bond donors (Lipinski definition) is 2. The number of aromatic nitrogens is 1. The molecule has 1 aromatic carbocycles. The van der Waals surface area contributed by atoms with E-state index < -0.39 is 10.0 Å². The SMILES string of the molecule is NC(=S)Cc1ccc(S(=O)(=O)NCc2ccncc2)cc1. The van der Waals surface area contributed by atoms with E-state index in [0.29, 0.717) is 11.4 Å². The third-order valence-corrected chi connectivity index (χ3v) is 4.39. The molecule has 2 rings (SSSR count). The van der Waals surface area contributed by atoms with Crippen molar-refractivity contribution in [2.45, 2.75) is 17.9 Å². The van der Waals surface area contributed by atoms with Crippen LogP contribution in [0.4, 0.5) is 0 Å². The second-order valence-corrected chi connectivity index (χ2v) is 6.76. The fraction of sp³-hybridized carbons (Fsp3) is 0.143. The third kappa shape index (κ3) is 4.59. The van der Waals surface area contributed by atoms with Crippen molar-refractivity contribution in [1.29, 1.82) is 0 Å². The van der Waals surface area contributed by atoms with Crippen LogP contribution >= 0.6 is 12.2 Å². The first-order valence-corrected chi connectivity index (χ1v) is 8.12. The van der Waals surface area contributed by atoms with Crippen LogP contribution in [-0.2, 0) is 23.0 Å². The van der Waals surface area contributed by atoms with Gasteiger partial charge in [-0.3, -0.25) is 4.98 Å². The minimum absolute atomic E-state index is 0.211. The van der Waals surface area contributed by atoms with Crippen molar-refractivity contribution >= 4 is 27.2 Å². The molecule has 1 heterocycles. The van der Waals surface area contributed by atoms with E-state index >= 15 is 0 Å². The van der Waals surface area contributed by atoms with Crippen molar-refractivity contribution < 1.29 is 8.42 Å². The summed E-state index contributed by atoms with van der Waals surface area (Å²) in [6.07, 6.45) is 3.70. The zero-order chi connectivity index (χ0) is 15.3. The maximum atomic E-state index is 12.2. The highest BCUT2D eigenvalue weighted by atomic mass is 32.2. The van der Waals surface area contributed by atoms with E-state index in [0.717, 1.165) is 11.1 Å². The highest BCUT2D eigenvalue weighted by molar-refractivity contribution is 7.89. The lowest BCUT2D eigenvalue weighted by Crippen LogP contribution is -2.23. The molecule has 0 saturated heterocycles. The van der Waals surface area contributed by atoms with Gasteiger partial charge >= 0.3 is 0 Å². The summed E-state index contributed by atoms with van der Waals surface area (Å²) in [5.41, 5.74) is 7.19. The first kappa shape index (κ1) is 15.6. The number of benzene rings is 1. The summed E-state index contributed by atoms with van der Waals surface area (Å²) in [4.78, 5) is 4.47. The Hall–Kier alpha value is -1.83. The first-order chi connectivity index (χ1) is 9.97. The van der Waals surface area contributed by atoms with Crippen molar-refractivity contribution in [3.63, 3.8) is 0 Å². The van der Waals surface area contributed by atoms with Gasteiger partial charge in [-0.25, -0.2) is 13.1 Å². The molecule has 21 heavy (non-hydrogen) atoms. The molecule has 0 spiro atoms. The smallest absolute Gasteiger partial charge is 0.240 e. The summed E-state index contributed by atoms with van der Waals surface area (Å²) in [5, 5.41) is 0. The normalized spacial score (nSPS) is 11.2. The van der Waals surface area contributed by atoms with Gasteiger partial charge in [-0.1, -0.05) is 24.4 Å². The second-order valence-electron chi connectivity index (χ2n) is 4.47. The Balaban J connectivity index is 2.07. The van der Waals surface area contributed by atoms with E-state index in [1.54, 1.807) is 48.8 Å². The quantitative estimate of drug-likeness (QED) is 0.785. The molecule has 0 radical (unpaired) electrons. The second kappa shape index (κ2) is 6.75. The molecule has 1 aromatic heterocycles. The van der Waals surface area contributed by atoms with E-state index in [4.69, 9.17) is 18.0 Å². The average molecular weight is 321 g/mol. The summed E-state index contributed by atoms with van der Waals surface area (Å²) < 4.78 is 26.9. The van der Waals surface area contributed by atoms with E-state index in [-0.39, 0.29) is 11.4 Å². The lowest BCUT2D eigenvalue weighted by atomic mass is 10.1. The molecule has 0 aliphatic rings. The zero-order valence-electron chi connectivity index (χ0n) is 11.2. The Bertz CT molecular complexity index is 714. The molecule has 3 N–H and O–H groups in total. The predicted octanol–water partition coefficient (Wildman–Crippen LogP) is 1.39. The predicted molar refractivity (Wildman–Crippen MR) is 85.2 cm³/mol. The molecule has 0 fully saturated rings. The van der Waals surface area contributed by atoms with Crippen LogP contribution in [0.2, 0.25) is 0 Å². The van der Waals surface area contributed by atoms with Crippen LogP contribution < -0.4 is 10.5 Å². The summed E-state index contributed by atoms with van der Waals surface area (Å²) in [6, 6.07) is 10.0. The van der Waals surface area contributed by atoms with Crippen molar-refractivity contribution in [2.75, 3.05) is 0 Å². The third-order valence-electron chi connectivity index (χ3n) is 2.83. The van der Waals surface area contributed by atoms with Gasteiger partial charge in [-0.15, -0.1) is 0 Å². The van der Waals surface area contributed by atoms with Crippen molar-refractivity contribution in [1.82, 2.24) is 9.71 Å². The number of thiocarbonyl (C=S) groups is 1. The van der Waals surface area contributed by atoms with Gasteiger partial charge in [0.25, 0.3) is 0 Å². The van der Waals surface area contributed by atoms with E-state index in [2.05, 4.69) is 9.71 Å². The van der Waals surface area contributed by atoms with Gasteiger partial charge in [0.05, 0.1) is 9.88 Å². The average Bonchev–Trinajstić information content (AvgIpc) is 2.46.